The molecule has 0 aromatic heterocycles. The van der Waals surface area contributed by atoms with E-state index in [9.17, 15) is 23.1 Å². The SMILES string of the molecule is O=C(Cc1cccc2ccccc12)NCCCCC(NS(=O)(=O)c1ccc(-c2ccc(Br)cc2)cc1)C(=O)O. The lowest BCUT2D eigenvalue weighted by molar-refractivity contribution is -0.139. The van der Waals surface area contributed by atoms with Gasteiger partial charge in [0.1, 0.15) is 6.04 Å². The van der Waals surface area contributed by atoms with Gasteiger partial charge in [-0.3, -0.25) is 9.59 Å². The van der Waals surface area contributed by atoms with Gasteiger partial charge >= 0.3 is 5.97 Å². The molecule has 39 heavy (non-hydrogen) atoms. The Morgan fingerprint density at radius 2 is 1.46 bits per heavy atom. The van der Waals surface area contributed by atoms with Gasteiger partial charge in [-0.05, 0) is 71.0 Å². The summed E-state index contributed by atoms with van der Waals surface area (Å²) >= 11 is 3.39. The van der Waals surface area contributed by atoms with E-state index in [4.69, 9.17) is 0 Å². The van der Waals surface area contributed by atoms with Crippen LogP contribution in [0, 0.1) is 0 Å². The Kier molecular flexibility index (Phi) is 9.50. The van der Waals surface area contributed by atoms with E-state index >= 15 is 0 Å². The first kappa shape index (κ1) is 28.5. The molecule has 0 saturated heterocycles. The molecule has 0 heterocycles. The number of sulfonamides is 1. The standard InChI is InChI=1S/C30H29BrN2O5S/c31-25-15-11-21(12-16-25)22-13-17-26(18-14-22)39(37,38)33-28(30(35)36)10-3-4-19-32-29(34)20-24-8-5-7-23-6-1-2-9-27(23)24/h1-2,5-9,11-18,28,33H,3-4,10,19-20H2,(H,32,34)(H,35,36). The fraction of sp³-hybridized carbons (Fsp3) is 0.200. The van der Waals surface area contributed by atoms with Crippen LogP contribution in [0.1, 0.15) is 24.8 Å². The number of rotatable bonds is 12. The van der Waals surface area contributed by atoms with Crippen LogP contribution in [-0.2, 0) is 26.0 Å². The largest absolute Gasteiger partial charge is 0.480 e. The molecule has 0 radical (unpaired) electrons. The molecular formula is C30H29BrN2O5S. The molecule has 9 heteroatoms. The van der Waals surface area contributed by atoms with Crippen molar-refractivity contribution in [3.63, 3.8) is 0 Å². The molecule has 1 amide bonds. The Labute approximate surface area is 236 Å². The average molecular weight is 610 g/mol. The van der Waals surface area contributed by atoms with Crippen LogP contribution in [0.2, 0.25) is 0 Å². The highest BCUT2D eigenvalue weighted by Gasteiger charge is 2.25. The summed E-state index contributed by atoms with van der Waals surface area (Å²) in [6, 6.07) is 26.4. The number of carbonyl (C=O) groups excluding carboxylic acids is 1. The monoisotopic (exact) mass is 608 g/mol. The number of amides is 1. The van der Waals surface area contributed by atoms with Crippen molar-refractivity contribution >= 4 is 48.6 Å². The number of hydrogen-bond donors (Lipinski definition) is 3. The van der Waals surface area contributed by atoms with E-state index in [2.05, 4.69) is 26.0 Å². The van der Waals surface area contributed by atoms with E-state index in [0.29, 0.717) is 19.4 Å². The second kappa shape index (κ2) is 13.0. The number of carboxylic acid groups (broad SMARTS) is 1. The third kappa shape index (κ3) is 7.75. The van der Waals surface area contributed by atoms with Crippen LogP contribution < -0.4 is 10.0 Å². The zero-order valence-electron chi connectivity index (χ0n) is 21.1. The molecule has 7 nitrogen and oxygen atoms in total. The molecule has 0 aliphatic carbocycles. The van der Waals surface area contributed by atoms with Crippen molar-refractivity contribution in [2.75, 3.05) is 6.54 Å². The summed E-state index contributed by atoms with van der Waals surface area (Å²) in [5.41, 5.74) is 2.72. The van der Waals surface area contributed by atoms with Crippen LogP contribution in [0.25, 0.3) is 21.9 Å². The molecule has 4 aromatic rings. The molecule has 1 unspecified atom stereocenters. The summed E-state index contributed by atoms with van der Waals surface area (Å²) in [6.45, 7) is 0.375. The lowest BCUT2D eigenvalue weighted by Crippen LogP contribution is -2.40. The lowest BCUT2D eigenvalue weighted by atomic mass is 10.0. The summed E-state index contributed by atoms with van der Waals surface area (Å²) < 4.78 is 28.9. The maximum absolute atomic E-state index is 12.8. The summed E-state index contributed by atoms with van der Waals surface area (Å²) in [5.74, 6) is -1.36. The average Bonchev–Trinajstić information content (AvgIpc) is 2.93. The van der Waals surface area contributed by atoms with Crippen LogP contribution in [-0.4, -0.2) is 38.0 Å². The number of benzene rings is 4. The summed E-state index contributed by atoms with van der Waals surface area (Å²) in [7, 11) is -4.03. The molecule has 4 rings (SSSR count). The molecule has 0 bridgehead atoms. The highest BCUT2D eigenvalue weighted by Crippen LogP contribution is 2.24. The van der Waals surface area contributed by atoms with E-state index in [1.807, 2.05) is 66.7 Å². The van der Waals surface area contributed by atoms with Gasteiger partial charge in [0, 0.05) is 11.0 Å². The summed E-state index contributed by atoms with van der Waals surface area (Å²) in [4.78, 5) is 24.2. The number of halogens is 1. The predicted octanol–water partition coefficient (Wildman–Crippen LogP) is 5.53. The number of fused-ring (bicyclic) bond motifs is 1. The van der Waals surface area contributed by atoms with Crippen molar-refractivity contribution in [2.45, 2.75) is 36.6 Å². The van der Waals surface area contributed by atoms with Crippen molar-refractivity contribution in [3.8, 4) is 11.1 Å². The molecule has 3 N–H and O–H groups in total. The molecule has 0 aliphatic heterocycles. The zero-order chi connectivity index (χ0) is 27.8. The fourth-order valence-corrected chi connectivity index (χ4v) is 5.83. The second-order valence-electron chi connectivity index (χ2n) is 9.20. The molecular weight excluding hydrogens is 580 g/mol. The van der Waals surface area contributed by atoms with Gasteiger partial charge in [-0.25, -0.2) is 8.42 Å². The molecule has 0 aliphatic rings. The molecule has 4 aromatic carbocycles. The van der Waals surface area contributed by atoms with Gasteiger partial charge in [0.15, 0.2) is 0 Å². The van der Waals surface area contributed by atoms with Gasteiger partial charge in [-0.15, -0.1) is 0 Å². The van der Waals surface area contributed by atoms with Gasteiger partial charge in [-0.2, -0.15) is 4.72 Å². The Morgan fingerprint density at radius 3 is 2.15 bits per heavy atom. The van der Waals surface area contributed by atoms with E-state index in [-0.39, 0.29) is 23.6 Å². The Morgan fingerprint density at radius 1 is 0.821 bits per heavy atom. The Bertz CT molecular complexity index is 1550. The summed E-state index contributed by atoms with van der Waals surface area (Å²) in [6.07, 6.45) is 1.30. The number of hydrogen-bond acceptors (Lipinski definition) is 4. The number of unbranched alkanes of at least 4 members (excludes halogenated alkanes) is 1. The third-order valence-corrected chi connectivity index (χ3v) is 8.43. The predicted molar refractivity (Wildman–Crippen MR) is 156 cm³/mol. The Hall–Kier alpha value is -3.53. The van der Waals surface area contributed by atoms with Crippen molar-refractivity contribution in [1.29, 1.82) is 0 Å². The van der Waals surface area contributed by atoms with Crippen LogP contribution in [0.15, 0.2) is 100 Å². The van der Waals surface area contributed by atoms with Crippen LogP contribution in [0.4, 0.5) is 0 Å². The number of nitrogens with one attached hydrogen (secondary N) is 2. The van der Waals surface area contributed by atoms with E-state index in [1.54, 1.807) is 12.1 Å². The first-order valence-electron chi connectivity index (χ1n) is 12.6. The zero-order valence-corrected chi connectivity index (χ0v) is 23.5. The summed E-state index contributed by atoms with van der Waals surface area (Å²) in [5, 5.41) is 14.6. The normalized spacial score (nSPS) is 12.2. The van der Waals surface area contributed by atoms with Crippen LogP contribution in [0.3, 0.4) is 0 Å². The minimum Gasteiger partial charge on any atom is -0.480 e. The first-order chi connectivity index (χ1) is 18.7. The van der Waals surface area contributed by atoms with Crippen molar-refractivity contribution in [1.82, 2.24) is 10.0 Å². The van der Waals surface area contributed by atoms with Gasteiger partial charge in [-0.1, -0.05) is 82.7 Å². The third-order valence-electron chi connectivity index (χ3n) is 6.41. The minimum atomic E-state index is -4.03. The number of carbonyl (C=O) groups is 2. The van der Waals surface area contributed by atoms with Crippen molar-refractivity contribution in [2.24, 2.45) is 0 Å². The quantitative estimate of drug-likeness (QED) is 0.183. The van der Waals surface area contributed by atoms with E-state index < -0.39 is 22.0 Å². The number of carboxylic acids is 1. The Balaban J connectivity index is 1.26. The van der Waals surface area contributed by atoms with Crippen LogP contribution >= 0.6 is 15.9 Å². The maximum atomic E-state index is 12.8. The van der Waals surface area contributed by atoms with Gasteiger partial charge in [0.05, 0.1) is 11.3 Å². The van der Waals surface area contributed by atoms with Gasteiger partial charge in [0.2, 0.25) is 15.9 Å². The van der Waals surface area contributed by atoms with Crippen molar-refractivity contribution < 1.29 is 23.1 Å². The molecule has 1 atom stereocenters. The molecule has 0 fully saturated rings. The van der Waals surface area contributed by atoms with Gasteiger partial charge < -0.3 is 10.4 Å². The maximum Gasteiger partial charge on any atom is 0.321 e. The van der Waals surface area contributed by atoms with E-state index in [0.717, 1.165) is 31.9 Å². The smallest absolute Gasteiger partial charge is 0.321 e. The molecule has 202 valence electrons. The first-order valence-corrected chi connectivity index (χ1v) is 14.8. The fourth-order valence-electron chi connectivity index (χ4n) is 4.34. The lowest BCUT2D eigenvalue weighted by Gasteiger charge is -2.15. The highest BCUT2D eigenvalue weighted by atomic mass is 79.9. The highest BCUT2D eigenvalue weighted by molar-refractivity contribution is 9.10. The topological polar surface area (TPSA) is 113 Å². The molecule has 0 saturated carbocycles. The van der Waals surface area contributed by atoms with Crippen LogP contribution in [0.5, 0.6) is 0 Å². The number of aliphatic carboxylic acids is 1. The van der Waals surface area contributed by atoms with E-state index in [1.165, 1.54) is 12.1 Å². The second-order valence-corrected chi connectivity index (χ2v) is 11.8. The van der Waals surface area contributed by atoms with Crippen molar-refractivity contribution in [3.05, 3.63) is 101 Å². The minimum absolute atomic E-state index is 0.00434. The molecule has 0 spiro atoms. The van der Waals surface area contributed by atoms with Gasteiger partial charge in [0.25, 0.3) is 0 Å².